The molecule has 2 N–H and O–H groups in total. The highest BCUT2D eigenvalue weighted by molar-refractivity contribution is 7.99. The van der Waals surface area contributed by atoms with E-state index in [0.717, 1.165) is 29.5 Å². The Hall–Kier alpha value is -1.92. The van der Waals surface area contributed by atoms with E-state index in [0.29, 0.717) is 5.11 Å². The average molecular weight is 346 g/mol. The van der Waals surface area contributed by atoms with Crippen molar-refractivity contribution in [3.05, 3.63) is 48.0 Å². The maximum absolute atomic E-state index is 5.35. The number of nitrogens with one attached hydrogen (secondary N) is 2. The van der Waals surface area contributed by atoms with E-state index in [-0.39, 0.29) is 6.79 Å². The molecule has 23 heavy (non-hydrogen) atoms. The zero-order chi connectivity index (χ0) is 16.1. The van der Waals surface area contributed by atoms with Gasteiger partial charge in [0.2, 0.25) is 6.79 Å². The van der Waals surface area contributed by atoms with E-state index in [9.17, 15) is 0 Å². The van der Waals surface area contributed by atoms with Gasteiger partial charge >= 0.3 is 0 Å². The Morgan fingerprint density at radius 1 is 1.13 bits per heavy atom. The van der Waals surface area contributed by atoms with Gasteiger partial charge < -0.3 is 20.1 Å². The number of benzene rings is 2. The van der Waals surface area contributed by atoms with E-state index >= 15 is 0 Å². The summed E-state index contributed by atoms with van der Waals surface area (Å²) in [5.74, 6) is 2.46. The second-order valence-corrected chi connectivity index (χ2v) is 6.69. The maximum atomic E-state index is 5.35. The van der Waals surface area contributed by atoms with E-state index < -0.39 is 0 Å². The molecule has 6 heteroatoms. The van der Waals surface area contributed by atoms with Gasteiger partial charge in [-0.3, -0.25) is 0 Å². The molecule has 0 amide bonds. The lowest BCUT2D eigenvalue weighted by Gasteiger charge is -2.11. The first-order valence-electron chi connectivity index (χ1n) is 7.35. The molecule has 0 bridgehead atoms. The summed E-state index contributed by atoms with van der Waals surface area (Å²) in [7, 11) is 0. The molecule has 120 valence electrons. The predicted molar refractivity (Wildman–Crippen MR) is 98.7 cm³/mol. The second-order valence-electron chi connectivity index (χ2n) is 5.11. The van der Waals surface area contributed by atoms with Gasteiger partial charge in [-0.05, 0) is 43.4 Å². The van der Waals surface area contributed by atoms with Crippen LogP contribution < -0.4 is 20.1 Å². The van der Waals surface area contributed by atoms with Gasteiger partial charge in [0, 0.05) is 28.9 Å². The molecule has 1 heterocycles. The van der Waals surface area contributed by atoms with Crippen molar-refractivity contribution in [2.45, 2.75) is 11.8 Å². The number of thioether (sulfide) groups is 1. The molecule has 0 saturated heterocycles. The summed E-state index contributed by atoms with van der Waals surface area (Å²) in [5.41, 5.74) is 2.17. The average Bonchev–Trinajstić information content (AvgIpc) is 3.01. The normalized spacial score (nSPS) is 12.0. The molecular formula is C17H18N2O2S2. The zero-order valence-electron chi connectivity index (χ0n) is 12.8. The Bertz CT molecular complexity index is 689. The molecule has 2 aromatic carbocycles. The molecule has 0 spiro atoms. The van der Waals surface area contributed by atoms with E-state index in [1.807, 2.05) is 30.0 Å². The predicted octanol–water partition coefficient (Wildman–Crippen LogP) is 3.80. The molecule has 0 atom stereocenters. The molecular weight excluding hydrogens is 328 g/mol. The molecule has 1 aliphatic heterocycles. The van der Waals surface area contributed by atoms with Gasteiger partial charge in [-0.2, -0.15) is 0 Å². The van der Waals surface area contributed by atoms with E-state index in [1.54, 1.807) is 0 Å². The van der Waals surface area contributed by atoms with Crippen LogP contribution in [0.25, 0.3) is 0 Å². The highest BCUT2D eigenvalue weighted by Gasteiger charge is 2.13. The highest BCUT2D eigenvalue weighted by atomic mass is 32.2. The number of fused-ring (bicyclic) bond motifs is 1. The highest BCUT2D eigenvalue weighted by Crippen LogP contribution is 2.34. The number of aryl methyl sites for hydroxylation is 1. The van der Waals surface area contributed by atoms with Crippen LogP contribution in [0.5, 0.6) is 11.5 Å². The monoisotopic (exact) mass is 346 g/mol. The Balaban J connectivity index is 1.40. The Labute approximate surface area is 145 Å². The van der Waals surface area contributed by atoms with Gasteiger partial charge in [-0.25, -0.2) is 0 Å². The third kappa shape index (κ3) is 4.53. The lowest BCUT2D eigenvalue weighted by molar-refractivity contribution is 0.174. The summed E-state index contributed by atoms with van der Waals surface area (Å²) in [6.07, 6.45) is 0. The van der Waals surface area contributed by atoms with Crippen molar-refractivity contribution in [1.82, 2.24) is 5.32 Å². The Morgan fingerprint density at radius 2 is 1.91 bits per heavy atom. The first-order chi connectivity index (χ1) is 11.2. The number of thiocarbonyl (C=S) groups is 1. The van der Waals surface area contributed by atoms with Gasteiger partial charge in [0.1, 0.15) is 0 Å². The minimum Gasteiger partial charge on any atom is -0.454 e. The van der Waals surface area contributed by atoms with Crippen LogP contribution in [0, 0.1) is 6.92 Å². The smallest absolute Gasteiger partial charge is 0.231 e. The molecule has 2 aromatic rings. The van der Waals surface area contributed by atoms with Crippen molar-refractivity contribution in [3.8, 4) is 11.5 Å². The molecule has 1 aliphatic rings. The number of anilines is 1. The van der Waals surface area contributed by atoms with Crippen molar-refractivity contribution in [3.63, 3.8) is 0 Å². The van der Waals surface area contributed by atoms with Crippen molar-refractivity contribution in [2.24, 2.45) is 0 Å². The number of hydrogen-bond acceptors (Lipinski definition) is 4. The van der Waals surface area contributed by atoms with Crippen LogP contribution in [-0.4, -0.2) is 24.2 Å². The van der Waals surface area contributed by atoms with Gasteiger partial charge in [-0.15, -0.1) is 11.8 Å². The van der Waals surface area contributed by atoms with Crippen molar-refractivity contribution in [1.29, 1.82) is 0 Å². The van der Waals surface area contributed by atoms with Crippen LogP contribution in [0.2, 0.25) is 0 Å². The van der Waals surface area contributed by atoms with Crippen LogP contribution in [0.4, 0.5) is 5.69 Å². The van der Waals surface area contributed by atoms with Crippen LogP contribution in [0.1, 0.15) is 5.56 Å². The van der Waals surface area contributed by atoms with Crippen LogP contribution in [0.3, 0.4) is 0 Å². The van der Waals surface area contributed by atoms with Gasteiger partial charge in [0.25, 0.3) is 0 Å². The maximum Gasteiger partial charge on any atom is 0.231 e. The van der Waals surface area contributed by atoms with Crippen LogP contribution >= 0.6 is 24.0 Å². The SMILES string of the molecule is Cc1ccc(SCCNC(=S)Nc2ccc3c(c2)OCO3)cc1. The fourth-order valence-electron chi connectivity index (χ4n) is 2.12. The van der Waals surface area contributed by atoms with Crippen molar-refractivity contribution < 1.29 is 9.47 Å². The molecule has 0 fully saturated rings. The minimum absolute atomic E-state index is 0.276. The number of ether oxygens (including phenoxy) is 2. The number of rotatable bonds is 5. The molecule has 0 saturated carbocycles. The Morgan fingerprint density at radius 3 is 2.74 bits per heavy atom. The summed E-state index contributed by atoms with van der Waals surface area (Å²) >= 11 is 7.11. The quantitative estimate of drug-likeness (QED) is 0.488. The zero-order valence-corrected chi connectivity index (χ0v) is 14.4. The van der Waals surface area contributed by atoms with E-state index in [2.05, 4.69) is 41.8 Å². The summed E-state index contributed by atoms with van der Waals surface area (Å²) in [6.45, 7) is 3.17. The van der Waals surface area contributed by atoms with E-state index in [1.165, 1.54) is 10.5 Å². The molecule has 0 radical (unpaired) electrons. The molecule has 0 aliphatic carbocycles. The van der Waals surface area contributed by atoms with Crippen molar-refractivity contribution in [2.75, 3.05) is 24.4 Å². The fraction of sp³-hybridized carbons (Fsp3) is 0.235. The molecule has 3 rings (SSSR count). The summed E-state index contributed by atoms with van der Waals surface area (Å²) < 4.78 is 10.6. The topological polar surface area (TPSA) is 42.5 Å². The van der Waals surface area contributed by atoms with Gasteiger partial charge in [0.05, 0.1) is 0 Å². The summed E-state index contributed by atoms with van der Waals surface area (Å²) in [5, 5.41) is 6.97. The van der Waals surface area contributed by atoms with Gasteiger partial charge in [0.15, 0.2) is 16.6 Å². The first-order valence-corrected chi connectivity index (χ1v) is 8.74. The third-order valence-electron chi connectivity index (χ3n) is 3.31. The van der Waals surface area contributed by atoms with Gasteiger partial charge in [-0.1, -0.05) is 17.7 Å². The number of hydrogen-bond donors (Lipinski definition) is 2. The lowest BCUT2D eigenvalue weighted by Crippen LogP contribution is -2.30. The summed E-state index contributed by atoms with van der Waals surface area (Å²) in [6, 6.07) is 14.2. The molecule has 0 unspecified atom stereocenters. The third-order valence-corrected chi connectivity index (χ3v) is 4.57. The first kappa shape index (κ1) is 16.0. The van der Waals surface area contributed by atoms with Crippen molar-refractivity contribution >= 4 is 34.8 Å². The lowest BCUT2D eigenvalue weighted by atomic mass is 10.2. The minimum atomic E-state index is 0.276. The van der Waals surface area contributed by atoms with E-state index in [4.69, 9.17) is 21.7 Å². The fourth-order valence-corrected chi connectivity index (χ4v) is 3.11. The summed E-state index contributed by atoms with van der Waals surface area (Å²) in [4.78, 5) is 1.27. The van der Waals surface area contributed by atoms with Crippen LogP contribution in [0.15, 0.2) is 47.4 Å². The molecule has 0 aromatic heterocycles. The molecule has 4 nitrogen and oxygen atoms in total. The second kappa shape index (κ2) is 7.57. The Kier molecular flexibility index (Phi) is 5.25. The standard InChI is InChI=1S/C17H18N2O2S2/c1-12-2-5-14(6-3-12)23-9-8-18-17(22)19-13-4-7-15-16(10-13)21-11-20-15/h2-7,10H,8-9,11H2,1H3,(H2,18,19,22). The van der Waals surface area contributed by atoms with Crippen LogP contribution in [-0.2, 0) is 0 Å². The largest absolute Gasteiger partial charge is 0.454 e.